The van der Waals surface area contributed by atoms with Crippen molar-refractivity contribution in [2.75, 3.05) is 5.32 Å². The van der Waals surface area contributed by atoms with Crippen LogP contribution in [0.1, 0.15) is 22.8 Å². The molecule has 1 aromatic heterocycles. The fraction of sp³-hybridized carbons (Fsp3) is 0.250. The Hall–Kier alpha value is -1.36. The van der Waals surface area contributed by atoms with Crippen LogP contribution in [0.15, 0.2) is 5.38 Å². The monoisotopic (exact) mass is 199 g/mol. The largest absolute Gasteiger partial charge is 0.478 e. The first-order valence-corrected chi connectivity index (χ1v) is 4.49. The number of rotatable bonds is 2. The molecule has 0 saturated carbocycles. The molecule has 0 unspecified atom stereocenters. The number of nitrogens with one attached hydrogen (secondary N) is 1. The van der Waals surface area contributed by atoms with Crippen LogP contribution in [0, 0.1) is 6.92 Å². The van der Waals surface area contributed by atoms with Crippen molar-refractivity contribution in [1.82, 2.24) is 0 Å². The summed E-state index contributed by atoms with van der Waals surface area (Å²) < 4.78 is 0. The molecule has 0 aliphatic heterocycles. The smallest absolute Gasteiger partial charge is 0.336 e. The van der Waals surface area contributed by atoms with E-state index in [1.807, 2.05) is 0 Å². The van der Waals surface area contributed by atoms with Crippen molar-refractivity contribution in [2.24, 2.45) is 0 Å². The van der Waals surface area contributed by atoms with Gasteiger partial charge in [-0.05, 0) is 12.5 Å². The zero-order chi connectivity index (χ0) is 10.0. The van der Waals surface area contributed by atoms with Gasteiger partial charge in [-0.1, -0.05) is 0 Å². The van der Waals surface area contributed by atoms with Gasteiger partial charge in [0.25, 0.3) is 0 Å². The fourth-order valence-corrected chi connectivity index (χ4v) is 1.91. The zero-order valence-corrected chi connectivity index (χ0v) is 8.07. The molecule has 0 bridgehead atoms. The summed E-state index contributed by atoms with van der Waals surface area (Å²) in [4.78, 5) is 21.3. The first-order valence-electron chi connectivity index (χ1n) is 3.61. The molecule has 1 aromatic rings. The summed E-state index contributed by atoms with van der Waals surface area (Å²) in [5.41, 5.74) is 0.849. The first-order chi connectivity index (χ1) is 6.02. The van der Waals surface area contributed by atoms with Crippen molar-refractivity contribution >= 4 is 28.2 Å². The van der Waals surface area contributed by atoms with Crippen LogP contribution in [0.3, 0.4) is 0 Å². The summed E-state index contributed by atoms with van der Waals surface area (Å²) in [6.45, 7) is 3.06. The lowest BCUT2D eigenvalue weighted by molar-refractivity contribution is -0.114. The molecule has 1 rings (SSSR count). The van der Waals surface area contributed by atoms with Crippen LogP contribution in [0.2, 0.25) is 0 Å². The zero-order valence-electron chi connectivity index (χ0n) is 7.25. The van der Waals surface area contributed by atoms with Gasteiger partial charge in [-0.2, -0.15) is 0 Å². The topological polar surface area (TPSA) is 66.4 Å². The van der Waals surface area contributed by atoms with Crippen molar-refractivity contribution in [2.45, 2.75) is 13.8 Å². The number of anilines is 1. The molecule has 0 saturated heterocycles. The van der Waals surface area contributed by atoms with Gasteiger partial charge in [-0.15, -0.1) is 11.3 Å². The van der Waals surface area contributed by atoms with Crippen LogP contribution in [-0.4, -0.2) is 17.0 Å². The Morgan fingerprint density at radius 3 is 2.54 bits per heavy atom. The molecule has 0 aliphatic rings. The molecule has 4 nitrogen and oxygen atoms in total. The van der Waals surface area contributed by atoms with Crippen LogP contribution in [-0.2, 0) is 4.79 Å². The number of carboxylic acid groups (broad SMARTS) is 1. The minimum Gasteiger partial charge on any atom is -0.478 e. The number of thiophene rings is 1. The summed E-state index contributed by atoms with van der Waals surface area (Å²) >= 11 is 1.22. The molecule has 1 amide bonds. The van der Waals surface area contributed by atoms with E-state index in [-0.39, 0.29) is 11.5 Å². The number of carbonyl (C=O) groups excluding carboxylic acids is 1. The molecule has 0 atom stereocenters. The highest BCUT2D eigenvalue weighted by Crippen LogP contribution is 2.26. The van der Waals surface area contributed by atoms with Gasteiger partial charge in [0.15, 0.2) is 0 Å². The van der Waals surface area contributed by atoms with Crippen LogP contribution in [0.5, 0.6) is 0 Å². The van der Waals surface area contributed by atoms with Gasteiger partial charge in [0.1, 0.15) is 0 Å². The predicted octanol–water partition coefficient (Wildman–Crippen LogP) is 1.71. The van der Waals surface area contributed by atoms with Crippen molar-refractivity contribution in [3.63, 3.8) is 0 Å². The van der Waals surface area contributed by atoms with Crippen molar-refractivity contribution in [3.8, 4) is 0 Å². The third kappa shape index (κ3) is 2.06. The summed E-state index contributed by atoms with van der Waals surface area (Å²) in [7, 11) is 0. The summed E-state index contributed by atoms with van der Waals surface area (Å²) in [6.07, 6.45) is 0. The highest BCUT2D eigenvalue weighted by atomic mass is 32.1. The maximum Gasteiger partial charge on any atom is 0.336 e. The average molecular weight is 199 g/mol. The molecule has 0 radical (unpaired) electrons. The van der Waals surface area contributed by atoms with Crippen LogP contribution in [0.4, 0.5) is 5.00 Å². The Kier molecular flexibility index (Phi) is 2.67. The lowest BCUT2D eigenvalue weighted by Crippen LogP contribution is -2.06. The van der Waals surface area contributed by atoms with E-state index >= 15 is 0 Å². The minimum absolute atomic E-state index is 0.193. The van der Waals surface area contributed by atoms with Crippen molar-refractivity contribution < 1.29 is 14.7 Å². The Bertz CT molecular complexity index is 356. The average Bonchev–Trinajstić information content (AvgIpc) is 2.32. The molecule has 13 heavy (non-hydrogen) atoms. The van der Waals surface area contributed by atoms with Gasteiger partial charge in [0.2, 0.25) is 5.91 Å². The van der Waals surface area contributed by atoms with E-state index in [4.69, 9.17) is 5.11 Å². The van der Waals surface area contributed by atoms with Gasteiger partial charge >= 0.3 is 5.97 Å². The van der Waals surface area contributed by atoms with E-state index in [0.717, 1.165) is 0 Å². The lowest BCUT2D eigenvalue weighted by Gasteiger charge is -1.99. The maximum absolute atomic E-state index is 10.7. The number of hydrogen-bond acceptors (Lipinski definition) is 3. The van der Waals surface area contributed by atoms with Gasteiger partial charge in [-0.3, -0.25) is 4.79 Å². The van der Waals surface area contributed by atoms with Crippen LogP contribution < -0.4 is 5.32 Å². The molecule has 0 aromatic carbocycles. The van der Waals surface area contributed by atoms with E-state index in [0.29, 0.717) is 10.6 Å². The van der Waals surface area contributed by atoms with Crippen LogP contribution in [0.25, 0.3) is 0 Å². The standard InChI is InChI=1S/C8H9NO3S/c1-4-6(8(11)12)3-13-7(4)9-5(2)10/h3H,1-2H3,(H,9,10)(H,11,12). The predicted molar refractivity (Wildman–Crippen MR) is 50.3 cm³/mol. The summed E-state index contributed by atoms with van der Waals surface area (Å²) in [5, 5.41) is 13.4. The Balaban J connectivity index is 2.99. The second kappa shape index (κ2) is 3.57. The van der Waals surface area contributed by atoms with Crippen molar-refractivity contribution in [3.05, 3.63) is 16.5 Å². The normalized spacial score (nSPS) is 9.69. The maximum atomic E-state index is 10.7. The minimum atomic E-state index is -0.967. The van der Waals surface area contributed by atoms with E-state index < -0.39 is 5.97 Å². The summed E-state index contributed by atoms with van der Waals surface area (Å²) in [6, 6.07) is 0. The van der Waals surface area contributed by atoms with E-state index in [2.05, 4.69) is 5.32 Å². The summed E-state index contributed by atoms with van der Waals surface area (Å²) in [5.74, 6) is -1.16. The van der Waals surface area contributed by atoms with E-state index in [1.54, 1.807) is 6.92 Å². The quantitative estimate of drug-likeness (QED) is 0.762. The Labute approximate surface area is 79.2 Å². The second-order valence-electron chi connectivity index (χ2n) is 2.59. The number of aromatic carboxylic acids is 1. The van der Waals surface area contributed by atoms with Crippen LogP contribution >= 0.6 is 11.3 Å². The fourth-order valence-electron chi connectivity index (χ4n) is 0.911. The highest BCUT2D eigenvalue weighted by molar-refractivity contribution is 7.14. The Morgan fingerprint density at radius 2 is 2.15 bits per heavy atom. The molecular weight excluding hydrogens is 190 g/mol. The third-order valence-electron chi connectivity index (χ3n) is 1.56. The van der Waals surface area contributed by atoms with Gasteiger partial charge in [0, 0.05) is 12.3 Å². The highest BCUT2D eigenvalue weighted by Gasteiger charge is 2.13. The van der Waals surface area contributed by atoms with Gasteiger partial charge in [0.05, 0.1) is 10.6 Å². The third-order valence-corrected chi connectivity index (χ3v) is 2.56. The molecule has 0 aliphatic carbocycles. The second-order valence-corrected chi connectivity index (χ2v) is 3.47. The molecule has 1 heterocycles. The van der Waals surface area contributed by atoms with Gasteiger partial charge < -0.3 is 10.4 Å². The molecule has 0 spiro atoms. The molecule has 2 N–H and O–H groups in total. The Morgan fingerprint density at radius 1 is 1.54 bits per heavy atom. The van der Waals surface area contributed by atoms with E-state index in [9.17, 15) is 9.59 Å². The van der Waals surface area contributed by atoms with E-state index in [1.165, 1.54) is 23.6 Å². The SMILES string of the molecule is CC(=O)Nc1scc(C(=O)O)c1C. The molecule has 5 heteroatoms. The van der Waals surface area contributed by atoms with Crippen molar-refractivity contribution in [1.29, 1.82) is 0 Å². The lowest BCUT2D eigenvalue weighted by atomic mass is 10.2. The number of amides is 1. The number of carbonyl (C=O) groups is 2. The first kappa shape index (κ1) is 9.73. The molecule has 70 valence electrons. The molecular formula is C8H9NO3S. The number of hydrogen-bond donors (Lipinski definition) is 2. The molecule has 0 fully saturated rings. The van der Waals surface area contributed by atoms with Gasteiger partial charge in [-0.25, -0.2) is 4.79 Å². The number of carboxylic acids is 1.